The molecule has 1 aromatic carbocycles. The van der Waals surface area contributed by atoms with Crippen molar-refractivity contribution in [3.8, 4) is 0 Å². The fourth-order valence-corrected chi connectivity index (χ4v) is 2.12. The van der Waals surface area contributed by atoms with Crippen LogP contribution in [0.2, 0.25) is 0 Å². The second kappa shape index (κ2) is 10.5. The number of anilines is 1. The maximum absolute atomic E-state index is 13.2. The smallest absolute Gasteiger partial charge is 0.416 e. The van der Waals surface area contributed by atoms with Gasteiger partial charge in [0.25, 0.3) is 0 Å². The molecule has 0 aromatic heterocycles. The first-order valence-corrected chi connectivity index (χ1v) is 9.89. The highest BCUT2D eigenvalue weighted by Crippen LogP contribution is 2.39. The molecule has 11 heteroatoms. The quantitative estimate of drug-likeness (QED) is 0.545. The molecule has 1 rings (SSSR count). The van der Waals surface area contributed by atoms with E-state index in [1.807, 2.05) is 6.92 Å². The third-order valence-corrected chi connectivity index (χ3v) is 3.17. The van der Waals surface area contributed by atoms with Crippen molar-refractivity contribution in [3.63, 3.8) is 0 Å². The van der Waals surface area contributed by atoms with Crippen LogP contribution in [-0.2, 0) is 25.7 Å². The molecule has 4 N–H and O–H groups in total. The third-order valence-electron chi connectivity index (χ3n) is 3.17. The number of hydrogen-bond donors (Lipinski definition) is 2. The number of sulfonamides is 1. The second-order valence-corrected chi connectivity index (χ2v) is 7.27. The van der Waals surface area contributed by atoms with Gasteiger partial charge in [-0.3, -0.25) is 0 Å². The van der Waals surface area contributed by atoms with Gasteiger partial charge in [-0.2, -0.15) is 13.2 Å². The number of hydrogen-bond acceptors (Lipinski definition) is 6. The van der Waals surface area contributed by atoms with E-state index < -0.39 is 33.8 Å². The summed E-state index contributed by atoms with van der Waals surface area (Å²) in [5.41, 5.74) is 4.21. The van der Waals surface area contributed by atoms with Crippen LogP contribution in [0.3, 0.4) is 0 Å². The summed E-state index contributed by atoms with van der Waals surface area (Å²) in [4.78, 5) is 11.6. The van der Waals surface area contributed by atoms with Gasteiger partial charge in [0.05, 0.1) is 30.6 Å². The summed E-state index contributed by atoms with van der Waals surface area (Å²) >= 11 is 0. The van der Waals surface area contributed by atoms with E-state index in [-0.39, 0.29) is 16.8 Å². The highest BCUT2D eigenvalue weighted by molar-refractivity contribution is 7.88. The minimum atomic E-state index is -4.58. The van der Waals surface area contributed by atoms with Crippen LogP contribution in [0.1, 0.15) is 54.3 Å². The van der Waals surface area contributed by atoms with E-state index in [9.17, 15) is 26.4 Å². The Morgan fingerprint density at radius 2 is 1.78 bits per heavy atom. The number of methoxy groups -OCH3 is 1. The lowest BCUT2D eigenvalue weighted by Crippen LogP contribution is -2.17. The molecule has 0 aliphatic heterocycles. The van der Waals surface area contributed by atoms with Crippen LogP contribution in [0, 0.1) is 0 Å². The zero-order chi connectivity index (χ0) is 21.4. The minimum Gasteiger partial charge on any atom is -0.465 e. The zero-order valence-electron chi connectivity index (χ0n) is 15.6. The van der Waals surface area contributed by atoms with Gasteiger partial charge >= 0.3 is 12.1 Å². The fourth-order valence-electron chi connectivity index (χ4n) is 2.12. The van der Waals surface area contributed by atoms with Gasteiger partial charge in [0.2, 0.25) is 10.0 Å². The molecule has 0 aliphatic carbocycles. The molecule has 1 unspecified atom stereocenters. The molecule has 0 fully saturated rings. The Morgan fingerprint density at radius 3 is 2.15 bits per heavy atom. The standard InChI is InChI=1S/C15H20F3NO3.CH5NO2S/c1-4-6-22-13(5-2)9-7-10(14(20)21-3)12(19)8-11(9)15(16,17)18;1-5(2,3)4/h7-8,13H,4-6,19H2,1-3H3;1H3,(H2,2,3,4). The van der Waals surface area contributed by atoms with E-state index in [0.29, 0.717) is 19.4 Å². The molecule has 0 spiro atoms. The molecule has 7 nitrogen and oxygen atoms in total. The highest BCUT2D eigenvalue weighted by Gasteiger charge is 2.36. The van der Waals surface area contributed by atoms with Crippen LogP contribution in [0.4, 0.5) is 18.9 Å². The Morgan fingerprint density at radius 1 is 1.26 bits per heavy atom. The first-order valence-electron chi connectivity index (χ1n) is 7.94. The number of esters is 1. The third kappa shape index (κ3) is 9.07. The van der Waals surface area contributed by atoms with Gasteiger partial charge in [0.15, 0.2) is 0 Å². The topological polar surface area (TPSA) is 122 Å². The largest absolute Gasteiger partial charge is 0.465 e. The summed E-state index contributed by atoms with van der Waals surface area (Å²) in [6.45, 7) is 3.91. The first-order chi connectivity index (χ1) is 12.3. The molecule has 0 radical (unpaired) electrons. The van der Waals surface area contributed by atoms with E-state index in [0.717, 1.165) is 25.5 Å². The number of rotatable bonds is 6. The number of ether oxygens (including phenoxy) is 2. The van der Waals surface area contributed by atoms with Crippen LogP contribution in [0.25, 0.3) is 0 Å². The van der Waals surface area contributed by atoms with Crippen LogP contribution < -0.4 is 10.9 Å². The van der Waals surface area contributed by atoms with E-state index in [2.05, 4.69) is 9.88 Å². The lowest BCUT2D eigenvalue weighted by atomic mass is 9.96. The predicted molar refractivity (Wildman–Crippen MR) is 95.5 cm³/mol. The van der Waals surface area contributed by atoms with Crippen molar-refractivity contribution in [2.75, 3.05) is 25.7 Å². The van der Waals surface area contributed by atoms with Crippen molar-refractivity contribution >= 4 is 21.7 Å². The monoisotopic (exact) mass is 414 g/mol. The van der Waals surface area contributed by atoms with Crippen LogP contribution in [-0.4, -0.2) is 34.4 Å². The molecule has 1 aromatic rings. The minimum absolute atomic E-state index is 0.0935. The molecule has 27 heavy (non-hydrogen) atoms. The molecule has 0 bridgehead atoms. The number of nitrogens with two attached hydrogens (primary N) is 2. The van der Waals surface area contributed by atoms with Crippen molar-refractivity contribution in [1.29, 1.82) is 0 Å². The molecule has 0 amide bonds. The lowest BCUT2D eigenvalue weighted by molar-refractivity contribution is -0.139. The number of benzene rings is 1. The van der Waals surface area contributed by atoms with Crippen molar-refractivity contribution in [2.45, 2.75) is 39.0 Å². The van der Waals surface area contributed by atoms with Gasteiger partial charge in [0.1, 0.15) is 0 Å². The fraction of sp³-hybridized carbons (Fsp3) is 0.562. The lowest BCUT2D eigenvalue weighted by Gasteiger charge is -2.22. The number of halogens is 3. The van der Waals surface area contributed by atoms with Crippen molar-refractivity contribution in [2.24, 2.45) is 5.14 Å². The number of carbonyl (C=O) groups is 1. The molecule has 0 saturated heterocycles. The normalized spacial score (nSPS) is 12.7. The van der Waals surface area contributed by atoms with Crippen LogP contribution in [0.15, 0.2) is 12.1 Å². The molecular weight excluding hydrogens is 389 g/mol. The Bertz CT molecular complexity index is 728. The maximum atomic E-state index is 13.2. The summed E-state index contributed by atoms with van der Waals surface area (Å²) in [7, 11) is -2.02. The summed E-state index contributed by atoms with van der Waals surface area (Å²) < 4.78 is 68.6. The Hall–Kier alpha value is -1.85. The SMILES string of the molecule is CCCOC(CC)c1cc(C(=O)OC)c(N)cc1C(F)(F)F.CS(N)(=O)=O. The van der Waals surface area contributed by atoms with Crippen molar-refractivity contribution in [1.82, 2.24) is 0 Å². The highest BCUT2D eigenvalue weighted by atomic mass is 32.2. The van der Waals surface area contributed by atoms with Gasteiger partial charge in [0, 0.05) is 12.3 Å². The number of alkyl halides is 3. The summed E-state index contributed by atoms with van der Waals surface area (Å²) in [6.07, 6.45) is -3.39. The van der Waals surface area contributed by atoms with E-state index in [1.54, 1.807) is 6.92 Å². The van der Waals surface area contributed by atoms with Crippen molar-refractivity contribution < 1.29 is 35.9 Å². The summed E-state index contributed by atoms with van der Waals surface area (Å²) in [5.74, 6) is -0.780. The summed E-state index contributed by atoms with van der Waals surface area (Å²) in [6, 6.07) is 1.88. The molecule has 0 aliphatic rings. The van der Waals surface area contributed by atoms with Gasteiger partial charge < -0.3 is 15.2 Å². The number of nitrogen functional groups attached to an aromatic ring is 1. The molecule has 0 saturated carbocycles. The molecule has 0 heterocycles. The van der Waals surface area contributed by atoms with Gasteiger partial charge in [-0.1, -0.05) is 13.8 Å². The second-order valence-electron chi connectivity index (χ2n) is 5.61. The van der Waals surface area contributed by atoms with Crippen LogP contribution in [0.5, 0.6) is 0 Å². The first kappa shape index (κ1) is 25.1. The predicted octanol–water partition coefficient (Wildman–Crippen LogP) is 2.86. The van der Waals surface area contributed by atoms with Gasteiger partial charge in [-0.05, 0) is 30.5 Å². The number of primary sulfonamides is 1. The van der Waals surface area contributed by atoms with E-state index >= 15 is 0 Å². The zero-order valence-corrected chi connectivity index (χ0v) is 16.4. The Balaban J connectivity index is 0.00000119. The Kier molecular flexibility index (Phi) is 9.76. The molecule has 156 valence electrons. The maximum Gasteiger partial charge on any atom is 0.416 e. The van der Waals surface area contributed by atoms with E-state index in [1.165, 1.54) is 0 Å². The molecule has 1 atom stereocenters. The van der Waals surface area contributed by atoms with Crippen LogP contribution >= 0.6 is 0 Å². The number of carbonyl (C=O) groups excluding carboxylic acids is 1. The molecular formula is C16H25F3N2O5S. The van der Waals surface area contributed by atoms with E-state index in [4.69, 9.17) is 10.5 Å². The average Bonchev–Trinajstić information content (AvgIpc) is 2.53. The van der Waals surface area contributed by atoms with Gasteiger partial charge in [-0.25, -0.2) is 18.4 Å². The Labute approximate surface area is 156 Å². The average molecular weight is 414 g/mol. The summed E-state index contributed by atoms with van der Waals surface area (Å²) in [5, 5.41) is 4.33. The van der Waals surface area contributed by atoms with Crippen molar-refractivity contribution in [3.05, 3.63) is 28.8 Å². The van der Waals surface area contributed by atoms with Gasteiger partial charge in [-0.15, -0.1) is 0 Å².